The van der Waals surface area contributed by atoms with Gasteiger partial charge in [0, 0.05) is 0 Å². The number of ether oxygens (including phenoxy) is 1. The summed E-state index contributed by atoms with van der Waals surface area (Å²) in [5.74, 6) is -0.130. The highest BCUT2D eigenvalue weighted by molar-refractivity contribution is 7.71. The van der Waals surface area contributed by atoms with Crippen molar-refractivity contribution >= 4 is 18.2 Å². The van der Waals surface area contributed by atoms with Crippen LogP contribution in [0.25, 0.3) is 5.69 Å². The van der Waals surface area contributed by atoms with Crippen molar-refractivity contribution in [2.75, 3.05) is 19.7 Å². The Morgan fingerprint density at radius 2 is 2.04 bits per heavy atom. The molecule has 0 aliphatic carbocycles. The molecular formula is C18H26N5O2S+. The average molecular weight is 377 g/mol. The summed E-state index contributed by atoms with van der Waals surface area (Å²) in [6.07, 6.45) is 1.89. The van der Waals surface area contributed by atoms with Gasteiger partial charge in [-0.1, -0.05) is 6.07 Å². The number of aromatic nitrogens is 4. The van der Waals surface area contributed by atoms with Crippen molar-refractivity contribution in [2.24, 2.45) is 5.92 Å². The zero-order chi connectivity index (χ0) is 18.7. The molecule has 2 aromatic rings. The van der Waals surface area contributed by atoms with Crippen LogP contribution in [0.3, 0.4) is 0 Å². The van der Waals surface area contributed by atoms with Crippen LogP contribution in [-0.4, -0.2) is 45.5 Å². The van der Waals surface area contributed by atoms with E-state index in [2.05, 4.69) is 30.3 Å². The van der Waals surface area contributed by atoms with Gasteiger partial charge < -0.3 is 9.64 Å². The van der Waals surface area contributed by atoms with Crippen molar-refractivity contribution in [3.63, 3.8) is 0 Å². The van der Waals surface area contributed by atoms with Crippen molar-refractivity contribution < 1.29 is 14.4 Å². The summed E-state index contributed by atoms with van der Waals surface area (Å²) in [5, 5.41) is 8.48. The van der Waals surface area contributed by atoms with Crippen molar-refractivity contribution in [3.05, 3.63) is 34.1 Å². The fraction of sp³-hybridized carbons (Fsp3) is 0.556. The SMILES string of the molecule is CCOC(=O)[C@@H]1CCC[NH+](Cn2nnn(-c3cc(C)cc(C)c3)c2=S)C1. The second-order valence-electron chi connectivity index (χ2n) is 6.97. The van der Waals surface area contributed by atoms with Crippen LogP contribution in [0.2, 0.25) is 0 Å². The summed E-state index contributed by atoms with van der Waals surface area (Å²) in [5.41, 5.74) is 3.25. The van der Waals surface area contributed by atoms with Gasteiger partial charge in [-0.25, -0.2) is 0 Å². The third-order valence-electron chi connectivity index (χ3n) is 4.70. The first-order valence-electron chi connectivity index (χ1n) is 9.09. The minimum Gasteiger partial charge on any atom is -0.466 e. The van der Waals surface area contributed by atoms with E-state index < -0.39 is 0 Å². The molecule has 0 spiro atoms. The number of benzene rings is 1. The molecule has 3 rings (SSSR count). The summed E-state index contributed by atoms with van der Waals surface area (Å²) < 4.78 is 9.19. The molecule has 1 aliphatic heterocycles. The predicted molar refractivity (Wildman–Crippen MR) is 99.7 cm³/mol. The standard InChI is InChI=1S/C18H25N5O2S/c1-4-25-17(24)15-6-5-7-21(11-15)12-22-18(26)23(20-19-22)16-9-13(2)8-14(3)10-16/h8-10,15H,4-7,11-12H2,1-3H3/p+1/t15-/m1/s1. The second-order valence-corrected chi connectivity index (χ2v) is 7.34. The molecule has 1 N–H and O–H groups in total. The van der Waals surface area contributed by atoms with Crippen LogP contribution < -0.4 is 4.90 Å². The van der Waals surface area contributed by atoms with Gasteiger partial charge in [-0.05, 0) is 79.5 Å². The maximum atomic E-state index is 12.0. The zero-order valence-corrected chi connectivity index (χ0v) is 16.4. The number of nitrogens with one attached hydrogen (secondary N) is 1. The molecule has 26 heavy (non-hydrogen) atoms. The van der Waals surface area contributed by atoms with Gasteiger partial charge in [0.2, 0.25) is 4.77 Å². The topological polar surface area (TPSA) is 66.4 Å². The molecule has 2 heterocycles. The molecule has 0 saturated carbocycles. The van der Waals surface area contributed by atoms with Crippen molar-refractivity contribution in [2.45, 2.75) is 40.3 Å². The number of carbonyl (C=O) groups is 1. The minimum atomic E-state index is -0.0906. The van der Waals surface area contributed by atoms with Crippen molar-refractivity contribution in [1.82, 2.24) is 19.8 Å². The fourth-order valence-electron chi connectivity index (χ4n) is 3.58. The first kappa shape index (κ1) is 18.7. The minimum absolute atomic E-state index is 0.0395. The molecule has 1 aromatic heterocycles. The quantitative estimate of drug-likeness (QED) is 0.628. The number of piperidine rings is 1. The molecule has 8 heteroatoms. The fourth-order valence-corrected chi connectivity index (χ4v) is 3.82. The Kier molecular flexibility index (Phi) is 5.83. The van der Waals surface area contributed by atoms with Crippen LogP contribution in [0, 0.1) is 24.5 Å². The molecule has 1 saturated heterocycles. The Hall–Kier alpha value is -2.06. The van der Waals surface area contributed by atoms with Gasteiger partial charge in [-0.15, -0.1) is 0 Å². The maximum Gasteiger partial charge on any atom is 0.314 e. The Balaban J connectivity index is 1.74. The van der Waals surface area contributed by atoms with E-state index >= 15 is 0 Å². The van der Waals surface area contributed by atoms with Crippen LogP contribution in [0.1, 0.15) is 30.9 Å². The molecular weight excluding hydrogens is 350 g/mol. The van der Waals surface area contributed by atoms with Crippen LogP contribution >= 0.6 is 12.2 Å². The first-order valence-corrected chi connectivity index (χ1v) is 9.50. The number of hydrogen-bond acceptors (Lipinski definition) is 5. The highest BCUT2D eigenvalue weighted by Gasteiger charge is 2.30. The summed E-state index contributed by atoms with van der Waals surface area (Å²) in [4.78, 5) is 13.3. The van der Waals surface area contributed by atoms with Gasteiger partial charge in [0.15, 0.2) is 6.67 Å². The van der Waals surface area contributed by atoms with Crippen LogP contribution in [0.5, 0.6) is 0 Å². The number of quaternary nitrogens is 1. The molecule has 1 unspecified atom stereocenters. The number of aryl methyl sites for hydroxylation is 2. The van der Waals surface area contributed by atoms with Crippen molar-refractivity contribution in [1.29, 1.82) is 0 Å². The van der Waals surface area contributed by atoms with Gasteiger partial charge in [0.05, 0.1) is 25.4 Å². The Morgan fingerprint density at radius 3 is 2.73 bits per heavy atom. The van der Waals surface area contributed by atoms with Gasteiger partial charge >= 0.3 is 5.97 Å². The van der Waals surface area contributed by atoms with Gasteiger partial charge in [0.1, 0.15) is 5.92 Å². The number of esters is 1. The van der Waals surface area contributed by atoms with E-state index in [1.54, 1.807) is 9.36 Å². The molecule has 1 aliphatic rings. The number of nitrogens with zero attached hydrogens (tertiary/aromatic N) is 4. The number of likely N-dealkylation sites (tertiary alicyclic amines) is 1. The molecule has 0 amide bonds. The predicted octanol–water partition coefficient (Wildman–Crippen LogP) is 1.23. The lowest BCUT2D eigenvalue weighted by molar-refractivity contribution is -0.930. The van der Waals surface area contributed by atoms with Crippen LogP contribution in [-0.2, 0) is 16.2 Å². The van der Waals surface area contributed by atoms with E-state index in [4.69, 9.17) is 17.0 Å². The summed E-state index contributed by atoms with van der Waals surface area (Å²) >= 11 is 5.58. The zero-order valence-electron chi connectivity index (χ0n) is 15.6. The van der Waals surface area contributed by atoms with E-state index in [0.29, 0.717) is 18.0 Å². The van der Waals surface area contributed by atoms with Gasteiger partial charge in [0.25, 0.3) is 0 Å². The van der Waals surface area contributed by atoms with E-state index in [1.165, 1.54) is 4.90 Å². The van der Waals surface area contributed by atoms with Crippen LogP contribution in [0.4, 0.5) is 0 Å². The number of rotatable bonds is 5. The Labute approximate surface area is 158 Å². The monoisotopic (exact) mass is 376 g/mol. The summed E-state index contributed by atoms with van der Waals surface area (Å²) in [7, 11) is 0. The van der Waals surface area contributed by atoms with E-state index in [1.807, 2.05) is 19.1 Å². The lowest BCUT2D eigenvalue weighted by Crippen LogP contribution is -3.13. The molecule has 1 fully saturated rings. The molecule has 2 atom stereocenters. The molecule has 140 valence electrons. The largest absolute Gasteiger partial charge is 0.466 e. The molecule has 0 bridgehead atoms. The molecule has 0 radical (unpaired) electrons. The third kappa shape index (κ3) is 4.19. The van der Waals surface area contributed by atoms with E-state index in [-0.39, 0.29) is 11.9 Å². The highest BCUT2D eigenvalue weighted by atomic mass is 32.1. The normalized spacial score (nSPS) is 20.1. The molecule has 1 aromatic carbocycles. The summed E-state index contributed by atoms with van der Waals surface area (Å²) in [6, 6.07) is 6.21. The third-order valence-corrected chi connectivity index (χ3v) is 5.09. The Bertz CT molecular complexity index is 824. The Morgan fingerprint density at radius 1 is 1.31 bits per heavy atom. The van der Waals surface area contributed by atoms with Gasteiger partial charge in [-0.2, -0.15) is 9.36 Å². The maximum absolute atomic E-state index is 12.0. The van der Waals surface area contributed by atoms with Crippen molar-refractivity contribution in [3.8, 4) is 5.69 Å². The number of carbonyl (C=O) groups excluding carboxylic acids is 1. The first-order chi connectivity index (χ1) is 12.5. The molecule has 7 nitrogen and oxygen atoms in total. The van der Waals surface area contributed by atoms with E-state index in [0.717, 1.165) is 42.7 Å². The second kappa shape index (κ2) is 8.09. The number of tetrazole rings is 1. The summed E-state index contributed by atoms with van der Waals surface area (Å²) in [6.45, 7) is 8.73. The van der Waals surface area contributed by atoms with Gasteiger partial charge in [-0.3, -0.25) is 4.79 Å². The smallest absolute Gasteiger partial charge is 0.314 e. The average Bonchev–Trinajstić information content (AvgIpc) is 2.95. The number of hydrogen-bond donors (Lipinski definition) is 1. The highest BCUT2D eigenvalue weighted by Crippen LogP contribution is 2.13. The van der Waals surface area contributed by atoms with Crippen LogP contribution in [0.15, 0.2) is 18.2 Å². The lowest BCUT2D eigenvalue weighted by atomic mass is 9.99. The van der Waals surface area contributed by atoms with E-state index in [9.17, 15) is 4.79 Å². The lowest BCUT2D eigenvalue weighted by Gasteiger charge is -2.28.